The summed E-state index contributed by atoms with van der Waals surface area (Å²) in [5.41, 5.74) is 3.23. The van der Waals surface area contributed by atoms with E-state index in [1.165, 1.54) is 11.1 Å². The first-order valence-corrected chi connectivity index (χ1v) is 10.1. The van der Waals surface area contributed by atoms with E-state index in [1.807, 2.05) is 29.4 Å². The predicted octanol–water partition coefficient (Wildman–Crippen LogP) is 4.33. The Kier molecular flexibility index (Phi) is 6.05. The number of carbonyl (C=O) groups is 1. The average molecular weight is 375 g/mol. The summed E-state index contributed by atoms with van der Waals surface area (Å²) in [6.45, 7) is 6.31. The van der Waals surface area contributed by atoms with Crippen molar-refractivity contribution in [3.05, 3.63) is 64.2 Å². The third kappa shape index (κ3) is 4.57. The number of hydrogen-bond acceptors (Lipinski definition) is 3. The summed E-state index contributed by atoms with van der Waals surface area (Å²) in [7, 11) is 0. The smallest absolute Gasteiger partial charge is 0.255 e. The summed E-state index contributed by atoms with van der Waals surface area (Å²) in [5.74, 6) is 0.0381. The molecule has 132 valence electrons. The second-order valence-corrected chi connectivity index (χ2v) is 7.69. The number of rotatable bonds is 4. The van der Waals surface area contributed by atoms with Crippen molar-refractivity contribution in [2.75, 3.05) is 32.4 Å². The molecule has 1 saturated heterocycles. The molecule has 1 heterocycles. The third-order valence-electron chi connectivity index (χ3n) is 4.55. The van der Waals surface area contributed by atoms with Crippen LogP contribution >= 0.6 is 23.4 Å². The lowest BCUT2D eigenvalue weighted by Crippen LogP contribution is -2.48. The number of halogens is 1. The molecule has 25 heavy (non-hydrogen) atoms. The summed E-state index contributed by atoms with van der Waals surface area (Å²) in [6.07, 6.45) is 2.00. The Morgan fingerprint density at radius 2 is 1.88 bits per heavy atom. The zero-order valence-electron chi connectivity index (χ0n) is 14.7. The molecule has 0 saturated carbocycles. The summed E-state index contributed by atoms with van der Waals surface area (Å²) < 4.78 is 0. The maximum absolute atomic E-state index is 12.8. The van der Waals surface area contributed by atoms with Crippen LogP contribution in [0.5, 0.6) is 0 Å². The summed E-state index contributed by atoms with van der Waals surface area (Å²) >= 11 is 7.87. The molecule has 3 rings (SSSR count). The monoisotopic (exact) mass is 374 g/mol. The minimum Gasteiger partial charge on any atom is -0.336 e. The molecule has 0 aliphatic carbocycles. The highest BCUT2D eigenvalue weighted by atomic mass is 35.5. The molecule has 0 spiro atoms. The lowest BCUT2D eigenvalue weighted by atomic mass is 10.1. The molecular formula is C20H23ClN2OS. The van der Waals surface area contributed by atoms with Gasteiger partial charge in [-0.15, -0.1) is 11.8 Å². The van der Waals surface area contributed by atoms with Gasteiger partial charge in [-0.2, -0.15) is 0 Å². The van der Waals surface area contributed by atoms with Gasteiger partial charge >= 0.3 is 0 Å². The van der Waals surface area contributed by atoms with Crippen molar-refractivity contribution in [1.29, 1.82) is 0 Å². The topological polar surface area (TPSA) is 23.6 Å². The highest BCUT2D eigenvalue weighted by Crippen LogP contribution is 2.24. The van der Waals surface area contributed by atoms with E-state index in [-0.39, 0.29) is 5.91 Å². The van der Waals surface area contributed by atoms with Crippen LogP contribution in [-0.4, -0.2) is 48.1 Å². The van der Waals surface area contributed by atoms with Gasteiger partial charge in [0, 0.05) is 37.6 Å². The Bertz CT molecular complexity index is 757. The van der Waals surface area contributed by atoms with Gasteiger partial charge in [-0.1, -0.05) is 41.4 Å². The van der Waals surface area contributed by atoms with Gasteiger partial charge in [0.2, 0.25) is 0 Å². The lowest BCUT2D eigenvalue weighted by molar-refractivity contribution is 0.0628. The second-order valence-electron chi connectivity index (χ2n) is 6.40. The van der Waals surface area contributed by atoms with Crippen LogP contribution in [0.25, 0.3) is 0 Å². The highest BCUT2D eigenvalue weighted by molar-refractivity contribution is 7.98. The van der Waals surface area contributed by atoms with E-state index in [0.29, 0.717) is 10.6 Å². The van der Waals surface area contributed by atoms with Crippen molar-refractivity contribution in [3.8, 4) is 0 Å². The van der Waals surface area contributed by atoms with Gasteiger partial charge in [0.15, 0.2) is 0 Å². The number of benzene rings is 2. The maximum atomic E-state index is 12.8. The molecule has 0 aromatic heterocycles. The van der Waals surface area contributed by atoms with Gasteiger partial charge in [-0.25, -0.2) is 0 Å². The lowest BCUT2D eigenvalue weighted by Gasteiger charge is -2.35. The van der Waals surface area contributed by atoms with Gasteiger partial charge in [0.25, 0.3) is 5.91 Å². The molecule has 1 amide bonds. The number of piperazine rings is 1. The van der Waals surface area contributed by atoms with Crippen molar-refractivity contribution in [3.63, 3.8) is 0 Å². The summed E-state index contributed by atoms with van der Waals surface area (Å²) in [5, 5.41) is 0.532. The first-order valence-electron chi connectivity index (χ1n) is 8.47. The minimum atomic E-state index is 0.0381. The number of amides is 1. The van der Waals surface area contributed by atoms with Crippen molar-refractivity contribution in [2.45, 2.75) is 18.4 Å². The van der Waals surface area contributed by atoms with Gasteiger partial charge < -0.3 is 4.90 Å². The molecule has 3 nitrogen and oxygen atoms in total. The van der Waals surface area contributed by atoms with E-state index in [4.69, 9.17) is 11.6 Å². The van der Waals surface area contributed by atoms with Gasteiger partial charge in [-0.05, 0) is 36.9 Å². The van der Waals surface area contributed by atoms with Crippen LogP contribution in [0.15, 0.2) is 47.4 Å². The van der Waals surface area contributed by atoms with Gasteiger partial charge in [0.1, 0.15) is 0 Å². The molecule has 0 radical (unpaired) electrons. The Balaban J connectivity index is 1.61. The average Bonchev–Trinajstić information content (AvgIpc) is 2.62. The van der Waals surface area contributed by atoms with E-state index < -0.39 is 0 Å². The molecule has 1 fully saturated rings. The van der Waals surface area contributed by atoms with Crippen molar-refractivity contribution >= 4 is 29.3 Å². The number of aryl methyl sites for hydroxylation is 1. The normalized spacial score (nSPS) is 15.4. The molecule has 1 aliphatic rings. The molecule has 0 N–H and O–H groups in total. The van der Waals surface area contributed by atoms with Crippen LogP contribution in [0, 0.1) is 6.92 Å². The Hall–Kier alpha value is -1.49. The van der Waals surface area contributed by atoms with E-state index >= 15 is 0 Å². The maximum Gasteiger partial charge on any atom is 0.255 e. The van der Waals surface area contributed by atoms with E-state index in [1.54, 1.807) is 11.8 Å². The fourth-order valence-corrected chi connectivity index (χ4v) is 3.78. The third-order valence-corrected chi connectivity index (χ3v) is 5.61. The number of thioether (sulfide) groups is 1. The van der Waals surface area contributed by atoms with Crippen LogP contribution in [-0.2, 0) is 6.54 Å². The quantitative estimate of drug-likeness (QED) is 0.744. The first-order chi connectivity index (χ1) is 12.1. The van der Waals surface area contributed by atoms with E-state index in [2.05, 4.69) is 36.1 Å². The molecule has 0 unspecified atom stereocenters. The van der Waals surface area contributed by atoms with Gasteiger partial charge in [0.05, 0.1) is 10.6 Å². The molecule has 1 aliphatic heterocycles. The predicted molar refractivity (Wildman–Crippen MR) is 106 cm³/mol. The zero-order valence-corrected chi connectivity index (χ0v) is 16.2. The van der Waals surface area contributed by atoms with E-state index in [0.717, 1.165) is 37.6 Å². The molecule has 0 bridgehead atoms. The summed E-state index contributed by atoms with van der Waals surface area (Å²) in [6, 6.07) is 14.3. The zero-order chi connectivity index (χ0) is 17.8. The Labute approximate surface area is 159 Å². The fraction of sp³-hybridized carbons (Fsp3) is 0.350. The number of hydrogen-bond donors (Lipinski definition) is 0. The first kappa shape index (κ1) is 18.3. The molecule has 0 atom stereocenters. The van der Waals surface area contributed by atoms with Crippen molar-refractivity contribution in [1.82, 2.24) is 9.80 Å². The standard InChI is InChI=1S/C20H23ClN2OS/c1-15-4-3-5-16(12-15)14-22-8-10-23(11-9-22)20(24)18-13-17(25-2)6-7-19(18)21/h3-7,12-13H,8-11,14H2,1-2H3. The highest BCUT2D eigenvalue weighted by Gasteiger charge is 2.23. The molecular weight excluding hydrogens is 352 g/mol. The van der Waals surface area contributed by atoms with Crippen molar-refractivity contribution < 1.29 is 4.79 Å². The van der Waals surface area contributed by atoms with E-state index in [9.17, 15) is 4.79 Å². The second kappa shape index (κ2) is 8.26. The van der Waals surface area contributed by atoms with Gasteiger partial charge in [-0.3, -0.25) is 9.69 Å². The van der Waals surface area contributed by atoms with Crippen LogP contribution in [0.4, 0.5) is 0 Å². The van der Waals surface area contributed by atoms with Crippen LogP contribution < -0.4 is 0 Å². The Morgan fingerprint density at radius 1 is 1.12 bits per heavy atom. The molecule has 2 aromatic rings. The molecule has 2 aromatic carbocycles. The Morgan fingerprint density at radius 3 is 2.56 bits per heavy atom. The van der Waals surface area contributed by atoms with Crippen molar-refractivity contribution in [2.24, 2.45) is 0 Å². The largest absolute Gasteiger partial charge is 0.336 e. The number of carbonyl (C=O) groups excluding carboxylic acids is 1. The summed E-state index contributed by atoms with van der Waals surface area (Å²) in [4.78, 5) is 18.2. The SMILES string of the molecule is CSc1ccc(Cl)c(C(=O)N2CCN(Cc3cccc(C)c3)CC2)c1. The minimum absolute atomic E-state index is 0.0381. The fourth-order valence-electron chi connectivity index (χ4n) is 3.14. The van der Waals surface area contributed by atoms with Crippen LogP contribution in [0.1, 0.15) is 21.5 Å². The number of nitrogens with zero attached hydrogens (tertiary/aromatic N) is 2. The van der Waals surface area contributed by atoms with Crippen LogP contribution in [0.2, 0.25) is 5.02 Å². The molecule has 5 heteroatoms. The van der Waals surface area contributed by atoms with Crippen LogP contribution in [0.3, 0.4) is 0 Å².